The summed E-state index contributed by atoms with van der Waals surface area (Å²) in [6, 6.07) is 4.94. The molecule has 0 aliphatic heterocycles. The fourth-order valence-electron chi connectivity index (χ4n) is 0. The van der Waals surface area contributed by atoms with Crippen molar-refractivity contribution in [1.82, 2.24) is 0 Å². The van der Waals surface area contributed by atoms with Crippen LogP contribution in [0.2, 0.25) is 0 Å². The van der Waals surface area contributed by atoms with Crippen molar-refractivity contribution >= 4 is 21.6 Å². The van der Waals surface area contributed by atoms with Crippen molar-refractivity contribution < 1.29 is 209 Å². The Bertz CT molecular complexity index is 407. The van der Waals surface area contributed by atoms with Crippen LogP contribution in [0.4, 0.5) is 8.63 Å². The summed E-state index contributed by atoms with van der Waals surface area (Å²) in [4.78, 5) is 11.2. The van der Waals surface area contributed by atoms with Crippen LogP contribution in [0.1, 0.15) is 38.6 Å². The molecule has 142 valence electrons. The second-order valence-electron chi connectivity index (χ2n) is 1.12. The van der Waals surface area contributed by atoms with Gasteiger partial charge in [0.15, 0.2) is 24.3 Å². The molecule has 0 saturated heterocycles. The zero-order valence-corrected chi connectivity index (χ0v) is 24.8. The van der Waals surface area contributed by atoms with Crippen LogP contribution in [0.3, 0.4) is 0 Å². The van der Waals surface area contributed by atoms with Crippen molar-refractivity contribution in [3.63, 3.8) is 0 Å². The number of nitrogens with zero attached hydrogens (tertiary/aromatic N) is 6. The van der Waals surface area contributed by atoms with E-state index in [-0.39, 0.29) is 244 Å². The number of nitriles is 6. The standard InChI is InChI=1S/2C2N2.2CBFN.CH2O3.5CH4.3K.Na.H/c2*3-1-2-4;2*3-2-1-4;2-1-4-3;;;;;;;;;;/h;;;;1,3H;5*1H4;;;;;/q;;2*-1;;;;;;;4*+1;-1/p-1. The smallest absolute Gasteiger partial charge is 1.00 e. The average molecular weight is 498 g/mol. The Labute approximate surface area is 327 Å². The van der Waals surface area contributed by atoms with E-state index in [9.17, 15) is 8.63 Å². The van der Waals surface area contributed by atoms with E-state index in [1.54, 1.807) is 0 Å². The molecule has 0 aromatic heterocycles. The Kier molecular flexibility index (Phi) is 571. The van der Waals surface area contributed by atoms with Crippen LogP contribution in [0.15, 0.2) is 0 Å². The molecule has 29 heavy (non-hydrogen) atoms. The summed E-state index contributed by atoms with van der Waals surface area (Å²) in [5.41, 5.74) is 0. The van der Waals surface area contributed by atoms with Crippen molar-refractivity contribution in [1.29, 1.82) is 31.6 Å². The SMILES string of the molecule is C.C.C.C.C.N#CC#N.N#CC#N.N#C[B-]F.N#C[B-]F.O=CO[O-].[H-].[K+].[K+].[K+].[Na+]. The van der Waals surface area contributed by atoms with Gasteiger partial charge < -0.3 is 20.2 Å². The quantitative estimate of drug-likeness (QED) is 0.146. The van der Waals surface area contributed by atoms with Crippen LogP contribution in [0.25, 0.3) is 0 Å². The van der Waals surface area contributed by atoms with E-state index in [1.165, 1.54) is 24.3 Å². The molecule has 0 bridgehead atoms. The maximum Gasteiger partial charge on any atom is 1.00 e. The average Bonchev–Trinajstić information content (AvgIpc) is 2.55. The first kappa shape index (κ1) is 96.1. The number of carbonyl (C=O) groups is 1. The number of hydrogen-bond donors (Lipinski definition) is 0. The van der Waals surface area contributed by atoms with Crippen LogP contribution >= 0.6 is 0 Å². The van der Waals surface area contributed by atoms with Gasteiger partial charge in [-0.15, -0.1) is 0 Å². The van der Waals surface area contributed by atoms with Gasteiger partial charge in [-0.25, -0.2) is 0 Å². The van der Waals surface area contributed by atoms with E-state index in [0.29, 0.717) is 0 Å². The van der Waals surface area contributed by atoms with Crippen molar-refractivity contribution in [2.45, 2.75) is 37.1 Å². The molecule has 0 heterocycles. The predicted octanol–water partition coefficient (Wildman–Crippen LogP) is -10.1. The minimum atomic E-state index is -0.181. The molecule has 0 spiro atoms. The minimum absolute atomic E-state index is 0. The van der Waals surface area contributed by atoms with Gasteiger partial charge in [-0.3, -0.25) is 15.3 Å². The molecule has 0 aliphatic carbocycles. The van der Waals surface area contributed by atoms with Gasteiger partial charge in [0, 0.05) is 15.1 Å². The zero-order valence-electron chi connectivity index (χ0n) is 14.4. The van der Waals surface area contributed by atoms with Gasteiger partial charge >= 0.3 is 184 Å². The molecule has 4 radical (unpaired) electrons. The van der Waals surface area contributed by atoms with Gasteiger partial charge in [-0.05, 0) is 0 Å². The molecule has 0 aromatic carbocycles. The van der Waals surface area contributed by atoms with Crippen LogP contribution in [-0.4, -0.2) is 21.6 Å². The summed E-state index contributed by atoms with van der Waals surface area (Å²) in [5, 5.41) is 51.9. The summed E-state index contributed by atoms with van der Waals surface area (Å²) < 4.78 is 20.5. The third-order valence-corrected chi connectivity index (χ3v) is 0.237. The van der Waals surface area contributed by atoms with Crippen LogP contribution in [0, 0.1) is 67.8 Å². The van der Waals surface area contributed by atoms with Crippen molar-refractivity contribution in [2.75, 3.05) is 0 Å². The van der Waals surface area contributed by atoms with Gasteiger partial charge in [0.25, 0.3) is 6.47 Å². The van der Waals surface area contributed by atoms with Crippen LogP contribution in [-0.2, 0) is 9.68 Å². The fourth-order valence-corrected chi connectivity index (χ4v) is 0. The summed E-state index contributed by atoms with van der Waals surface area (Å²) in [7, 11) is -0.139. The Morgan fingerprint density at radius 3 is 0.828 bits per heavy atom. The molecule has 17 heteroatoms. The van der Waals surface area contributed by atoms with Gasteiger partial charge in [0.2, 0.25) is 0 Å². The van der Waals surface area contributed by atoms with E-state index in [2.05, 4.69) is 4.89 Å². The predicted molar refractivity (Wildman–Crippen MR) is 89.3 cm³/mol. The molecule has 0 aromatic rings. The first-order valence-corrected chi connectivity index (χ1v) is 3.49. The number of carbonyl (C=O) groups excluding carboxylic acids is 1. The van der Waals surface area contributed by atoms with E-state index >= 15 is 0 Å². The number of hydrogen-bond acceptors (Lipinski definition) is 9. The first-order chi connectivity index (χ1) is 9.57. The van der Waals surface area contributed by atoms with Crippen molar-refractivity contribution in [3.8, 4) is 36.2 Å². The largest absolute Gasteiger partial charge is 1.00 e. The van der Waals surface area contributed by atoms with Gasteiger partial charge in [0.1, 0.15) is 0 Å². The summed E-state index contributed by atoms with van der Waals surface area (Å²) >= 11 is 0. The number of rotatable bonds is 1. The molecule has 0 unspecified atom stereocenters. The fraction of sp³-hybridized carbons (Fsp3) is 0.417. The van der Waals surface area contributed by atoms with E-state index in [1.807, 2.05) is 0 Å². The maximum atomic E-state index is 10.2. The number of halogens is 2. The monoisotopic (exact) mass is 498 g/mol. The molecule has 0 fully saturated rings. The Morgan fingerprint density at radius 1 is 0.724 bits per heavy atom. The second kappa shape index (κ2) is 172. The molecular formula is C12H22B2F2K3N6NaO3. The molecule has 0 rings (SSSR count). The maximum absolute atomic E-state index is 10.2. The van der Waals surface area contributed by atoms with E-state index < -0.39 is 0 Å². The molecule has 0 N–H and O–H groups in total. The minimum Gasteiger partial charge on any atom is -1.00 e. The molecule has 9 nitrogen and oxygen atoms in total. The van der Waals surface area contributed by atoms with Gasteiger partial charge in [0.05, 0.1) is 0 Å². The zero-order chi connectivity index (χ0) is 17.1. The molecule has 0 atom stereocenters. The Balaban J connectivity index is -0.00000000666. The van der Waals surface area contributed by atoms with Gasteiger partial charge in [-0.1, -0.05) is 37.1 Å². The Morgan fingerprint density at radius 2 is 0.828 bits per heavy atom. The summed E-state index contributed by atoms with van der Waals surface area (Å²) in [6.07, 6.45) is 0. The van der Waals surface area contributed by atoms with Crippen LogP contribution < -0.4 is 189 Å². The van der Waals surface area contributed by atoms with Crippen LogP contribution in [0.5, 0.6) is 0 Å². The van der Waals surface area contributed by atoms with Crippen molar-refractivity contribution in [3.05, 3.63) is 0 Å². The molecular weight excluding hydrogens is 476 g/mol. The third kappa shape index (κ3) is 458. The third-order valence-electron chi connectivity index (χ3n) is 0.237. The van der Waals surface area contributed by atoms with Gasteiger partial charge in [-0.2, -0.15) is 33.0 Å². The molecule has 0 amide bonds. The first-order valence-electron chi connectivity index (χ1n) is 3.49. The summed E-state index contributed by atoms with van der Waals surface area (Å²) in [6.45, 7) is -0.181. The molecule has 0 aliphatic rings. The van der Waals surface area contributed by atoms with E-state index in [0.717, 1.165) is 11.9 Å². The molecule has 0 saturated carbocycles. The van der Waals surface area contributed by atoms with E-state index in [4.69, 9.17) is 41.6 Å². The second-order valence-corrected chi connectivity index (χ2v) is 1.12. The van der Waals surface area contributed by atoms with Crippen molar-refractivity contribution in [2.24, 2.45) is 0 Å². The summed E-state index contributed by atoms with van der Waals surface area (Å²) in [5.74, 6) is 2.28. The topological polar surface area (TPSA) is 192 Å². The Hall–Kier alpha value is 2.27. The normalized spacial score (nSPS) is 2.79.